The summed E-state index contributed by atoms with van der Waals surface area (Å²) in [5.74, 6) is 2.18. The first kappa shape index (κ1) is 18.4. The lowest BCUT2D eigenvalue weighted by molar-refractivity contribution is 0.723. The molecule has 1 aliphatic rings. The minimum atomic E-state index is 0. The molecule has 0 spiro atoms. The number of nitrogens with zero attached hydrogens (tertiary/aromatic N) is 3. The zero-order valence-corrected chi connectivity index (χ0v) is 16.5. The first-order valence-corrected chi connectivity index (χ1v) is 8.89. The molecule has 5 nitrogen and oxygen atoms in total. The molecule has 0 radical (unpaired) electrons. The Hall–Kier alpha value is -0.960. The van der Waals surface area contributed by atoms with Crippen LogP contribution in [-0.4, -0.2) is 46.5 Å². The van der Waals surface area contributed by atoms with E-state index < -0.39 is 0 Å². The number of hydrogen-bond donors (Lipinski definition) is 2. The van der Waals surface area contributed by atoms with E-state index in [1.165, 1.54) is 18.6 Å². The molecule has 3 rings (SSSR count). The van der Waals surface area contributed by atoms with Crippen LogP contribution in [0.4, 0.5) is 0 Å². The molecule has 0 aromatic carbocycles. The number of hydrogen-bond acceptors (Lipinski definition) is 3. The van der Waals surface area contributed by atoms with E-state index in [1.54, 1.807) is 0 Å². The monoisotopic (exact) mass is 445 g/mol. The van der Waals surface area contributed by atoms with Gasteiger partial charge in [-0.1, -0.05) is 6.07 Å². The van der Waals surface area contributed by atoms with Gasteiger partial charge in [0.2, 0.25) is 0 Å². The molecule has 1 unspecified atom stereocenters. The molecule has 0 bridgehead atoms. The van der Waals surface area contributed by atoms with Crippen LogP contribution in [0.1, 0.15) is 18.5 Å². The maximum absolute atomic E-state index is 4.60. The van der Waals surface area contributed by atoms with Crippen molar-refractivity contribution in [3.8, 4) is 0 Å². The van der Waals surface area contributed by atoms with Gasteiger partial charge in [0.15, 0.2) is 5.96 Å². The molecular weight excluding hydrogens is 421 g/mol. The van der Waals surface area contributed by atoms with Gasteiger partial charge in [-0.25, -0.2) is 4.98 Å². The van der Waals surface area contributed by atoms with E-state index >= 15 is 0 Å². The number of pyridine rings is 1. The van der Waals surface area contributed by atoms with Crippen LogP contribution in [0.15, 0.2) is 35.6 Å². The summed E-state index contributed by atoms with van der Waals surface area (Å²) in [6.45, 7) is 1.83. The maximum Gasteiger partial charge on any atom is 0.191 e. The van der Waals surface area contributed by atoms with Crippen molar-refractivity contribution in [2.75, 3.05) is 25.9 Å². The second-order valence-electron chi connectivity index (χ2n) is 5.46. The molecule has 23 heavy (non-hydrogen) atoms. The summed E-state index contributed by atoms with van der Waals surface area (Å²) in [6, 6.07) is 6.05. The average Bonchev–Trinajstić information content (AvgIpc) is 3.19. The van der Waals surface area contributed by atoms with Crippen LogP contribution in [0.25, 0.3) is 5.65 Å². The van der Waals surface area contributed by atoms with Crippen molar-refractivity contribution in [2.24, 2.45) is 4.99 Å². The van der Waals surface area contributed by atoms with Crippen LogP contribution < -0.4 is 10.6 Å². The third kappa shape index (κ3) is 5.27. The molecule has 126 valence electrons. The van der Waals surface area contributed by atoms with Gasteiger partial charge in [-0.05, 0) is 30.7 Å². The van der Waals surface area contributed by atoms with E-state index in [9.17, 15) is 0 Å². The normalized spacial score (nSPS) is 18.0. The highest BCUT2D eigenvalue weighted by Crippen LogP contribution is 2.25. The van der Waals surface area contributed by atoms with Gasteiger partial charge in [0.05, 0.1) is 5.69 Å². The summed E-state index contributed by atoms with van der Waals surface area (Å²) in [5, 5.41) is 7.52. The zero-order chi connectivity index (χ0) is 15.2. The van der Waals surface area contributed by atoms with Gasteiger partial charge in [-0.15, -0.1) is 24.0 Å². The second-order valence-corrected chi connectivity index (χ2v) is 6.87. The van der Waals surface area contributed by atoms with Crippen LogP contribution >= 0.6 is 35.7 Å². The lowest BCUT2D eigenvalue weighted by Crippen LogP contribution is -2.40. The SMILES string of the molecule is CN=C(NCCc1cn2ccccc2n1)NCC1CCCS1.I. The highest BCUT2D eigenvalue weighted by atomic mass is 127. The van der Waals surface area contributed by atoms with Crippen molar-refractivity contribution < 1.29 is 0 Å². The zero-order valence-electron chi connectivity index (χ0n) is 13.4. The van der Waals surface area contributed by atoms with Crippen LogP contribution in [0.5, 0.6) is 0 Å². The van der Waals surface area contributed by atoms with E-state index in [-0.39, 0.29) is 24.0 Å². The number of imidazole rings is 1. The van der Waals surface area contributed by atoms with Gasteiger partial charge in [0, 0.05) is 44.2 Å². The van der Waals surface area contributed by atoms with E-state index in [0.29, 0.717) is 0 Å². The number of halogens is 1. The summed E-state index contributed by atoms with van der Waals surface area (Å²) in [6.07, 6.45) is 7.66. The molecule has 1 atom stereocenters. The van der Waals surface area contributed by atoms with Crippen LogP contribution in [-0.2, 0) is 6.42 Å². The first-order chi connectivity index (χ1) is 10.8. The number of nitrogens with one attached hydrogen (secondary N) is 2. The number of fused-ring (bicyclic) bond motifs is 1. The molecule has 7 heteroatoms. The van der Waals surface area contributed by atoms with Crippen molar-refractivity contribution >= 4 is 47.3 Å². The Morgan fingerprint density at radius 3 is 3.09 bits per heavy atom. The van der Waals surface area contributed by atoms with Crippen LogP contribution in [0.3, 0.4) is 0 Å². The molecule has 1 fully saturated rings. The van der Waals surface area contributed by atoms with Crippen molar-refractivity contribution in [2.45, 2.75) is 24.5 Å². The quantitative estimate of drug-likeness (QED) is 0.422. The largest absolute Gasteiger partial charge is 0.356 e. The number of guanidine groups is 1. The highest BCUT2D eigenvalue weighted by Gasteiger charge is 2.15. The fraction of sp³-hybridized carbons (Fsp3) is 0.500. The number of aliphatic imine (C=N–C) groups is 1. The Bertz CT molecular complexity index is 603. The third-order valence-electron chi connectivity index (χ3n) is 3.83. The van der Waals surface area contributed by atoms with Crippen LogP contribution in [0.2, 0.25) is 0 Å². The van der Waals surface area contributed by atoms with E-state index in [1.807, 2.05) is 31.4 Å². The minimum absolute atomic E-state index is 0. The fourth-order valence-corrected chi connectivity index (χ4v) is 3.85. The van der Waals surface area contributed by atoms with E-state index in [4.69, 9.17) is 0 Å². The van der Waals surface area contributed by atoms with Crippen LogP contribution in [0, 0.1) is 0 Å². The van der Waals surface area contributed by atoms with E-state index in [2.05, 4.69) is 43.0 Å². The van der Waals surface area contributed by atoms with Gasteiger partial charge in [-0.3, -0.25) is 4.99 Å². The Morgan fingerprint density at radius 2 is 2.35 bits per heavy atom. The summed E-state index contributed by atoms with van der Waals surface area (Å²) < 4.78 is 2.06. The van der Waals surface area contributed by atoms with Crippen molar-refractivity contribution in [1.82, 2.24) is 20.0 Å². The summed E-state index contributed by atoms with van der Waals surface area (Å²) >= 11 is 2.06. The Morgan fingerprint density at radius 1 is 1.43 bits per heavy atom. The van der Waals surface area contributed by atoms with Crippen molar-refractivity contribution in [1.29, 1.82) is 0 Å². The summed E-state index contributed by atoms with van der Waals surface area (Å²) in [4.78, 5) is 8.89. The lowest BCUT2D eigenvalue weighted by atomic mass is 10.2. The van der Waals surface area contributed by atoms with Gasteiger partial charge in [0.1, 0.15) is 5.65 Å². The highest BCUT2D eigenvalue weighted by molar-refractivity contribution is 14.0. The standard InChI is InChI=1S/C16H23N5S.HI/c1-17-16(19-11-14-5-4-10-22-14)18-8-7-13-12-21-9-3-2-6-15(21)20-13;/h2-3,6,9,12,14H,4-5,7-8,10-11H2,1H3,(H2,17,18,19);1H. The number of rotatable bonds is 5. The Balaban J connectivity index is 0.00000192. The predicted molar refractivity (Wildman–Crippen MR) is 109 cm³/mol. The molecular formula is C16H24IN5S. The topological polar surface area (TPSA) is 53.7 Å². The molecule has 0 aliphatic carbocycles. The number of aromatic nitrogens is 2. The average molecular weight is 445 g/mol. The molecule has 2 N–H and O–H groups in total. The molecule has 2 aromatic heterocycles. The third-order valence-corrected chi connectivity index (χ3v) is 5.23. The Labute approximate surface area is 158 Å². The molecule has 0 saturated carbocycles. The lowest BCUT2D eigenvalue weighted by Gasteiger charge is -2.14. The van der Waals surface area contributed by atoms with Gasteiger partial charge < -0.3 is 15.0 Å². The van der Waals surface area contributed by atoms with Gasteiger partial charge in [-0.2, -0.15) is 11.8 Å². The maximum atomic E-state index is 4.60. The second kappa shape index (κ2) is 9.36. The Kier molecular flexibility index (Phi) is 7.48. The van der Waals surface area contributed by atoms with Crippen molar-refractivity contribution in [3.63, 3.8) is 0 Å². The molecule has 2 aromatic rings. The predicted octanol–water partition coefficient (Wildman–Crippen LogP) is 2.56. The summed E-state index contributed by atoms with van der Waals surface area (Å²) in [5.41, 5.74) is 2.10. The number of thioether (sulfide) groups is 1. The smallest absolute Gasteiger partial charge is 0.191 e. The first-order valence-electron chi connectivity index (χ1n) is 7.84. The minimum Gasteiger partial charge on any atom is -0.356 e. The molecule has 3 heterocycles. The van der Waals surface area contributed by atoms with Gasteiger partial charge >= 0.3 is 0 Å². The van der Waals surface area contributed by atoms with E-state index in [0.717, 1.165) is 42.1 Å². The van der Waals surface area contributed by atoms with Crippen molar-refractivity contribution in [3.05, 3.63) is 36.3 Å². The fourth-order valence-electron chi connectivity index (χ4n) is 2.65. The molecule has 1 aliphatic heterocycles. The van der Waals surface area contributed by atoms with Gasteiger partial charge in [0.25, 0.3) is 0 Å². The molecule has 0 amide bonds. The molecule has 1 saturated heterocycles. The summed E-state index contributed by atoms with van der Waals surface area (Å²) in [7, 11) is 1.82.